The predicted molar refractivity (Wildman–Crippen MR) is 87.2 cm³/mol. The highest BCUT2D eigenvalue weighted by molar-refractivity contribution is 6.34. The van der Waals surface area contributed by atoms with Gasteiger partial charge >= 0.3 is 0 Å². The Hall–Kier alpha value is -2.73. The van der Waals surface area contributed by atoms with E-state index in [9.17, 15) is 13.6 Å². The number of amides is 1. The zero-order valence-corrected chi connectivity index (χ0v) is 13.2. The maximum Gasteiger partial charge on any atom is 0.250 e. The third-order valence-electron chi connectivity index (χ3n) is 3.60. The van der Waals surface area contributed by atoms with E-state index in [1.54, 1.807) is 0 Å². The molecule has 0 aliphatic rings. The number of ether oxygens (including phenoxy) is 1. The second kappa shape index (κ2) is 6.05. The lowest BCUT2D eigenvalue weighted by Gasteiger charge is -2.13. The number of aromatic nitrogens is 1. The zero-order valence-electron chi connectivity index (χ0n) is 12.4. The van der Waals surface area contributed by atoms with Crippen LogP contribution in [0, 0.1) is 11.6 Å². The van der Waals surface area contributed by atoms with Crippen molar-refractivity contribution in [1.29, 1.82) is 0 Å². The van der Waals surface area contributed by atoms with E-state index < -0.39 is 17.5 Å². The van der Waals surface area contributed by atoms with E-state index in [1.807, 2.05) is 0 Å². The second-order valence-corrected chi connectivity index (χ2v) is 5.43. The molecule has 2 aromatic carbocycles. The van der Waals surface area contributed by atoms with Crippen LogP contribution in [0.4, 0.5) is 8.78 Å². The molecule has 24 heavy (non-hydrogen) atoms. The average molecular weight is 349 g/mol. The number of hydrogen-bond acceptors (Lipinski definition) is 3. The van der Waals surface area contributed by atoms with E-state index in [-0.39, 0.29) is 38.4 Å². The molecule has 1 heterocycles. The number of carbonyl (C=O) groups is 1. The molecule has 0 fully saturated rings. The quantitative estimate of drug-likeness (QED) is 0.779. The molecule has 0 aliphatic carbocycles. The van der Waals surface area contributed by atoms with Crippen LogP contribution in [0.2, 0.25) is 5.02 Å². The van der Waals surface area contributed by atoms with Gasteiger partial charge < -0.3 is 10.5 Å². The van der Waals surface area contributed by atoms with Gasteiger partial charge in [0.25, 0.3) is 0 Å². The molecule has 7 heteroatoms. The average Bonchev–Trinajstić information content (AvgIpc) is 2.55. The molecule has 122 valence electrons. The molecule has 0 atom stereocenters. The van der Waals surface area contributed by atoms with Gasteiger partial charge in [-0.05, 0) is 24.3 Å². The van der Waals surface area contributed by atoms with Crippen LogP contribution in [-0.4, -0.2) is 18.0 Å². The summed E-state index contributed by atoms with van der Waals surface area (Å²) in [5.41, 5.74) is 5.01. The third kappa shape index (κ3) is 2.55. The van der Waals surface area contributed by atoms with Crippen molar-refractivity contribution in [2.75, 3.05) is 7.11 Å². The molecule has 0 saturated heterocycles. The van der Waals surface area contributed by atoms with Crippen molar-refractivity contribution in [3.8, 4) is 16.9 Å². The first-order valence-electron chi connectivity index (χ1n) is 6.84. The summed E-state index contributed by atoms with van der Waals surface area (Å²) in [5.74, 6) is -2.04. The van der Waals surface area contributed by atoms with Gasteiger partial charge in [0, 0.05) is 17.1 Å². The fourth-order valence-corrected chi connectivity index (χ4v) is 2.78. The highest BCUT2D eigenvalue weighted by atomic mass is 35.5. The van der Waals surface area contributed by atoms with Crippen LogP contribution >= 0.6 is 11.6 Å². The minimum atomic E-state index is -0.808. The van der Waals surface area contributed by atoms with E-state index in [0.717, 1.165) is 6.20 Å². The number of nitrogens with zero attached hydrogens (tertiary/aromatic N) is 1. The lowest BCUT2D eigenvalue weighted by molar-refractivity contribution is 0.1000. The largest absolute Gasteiger partial charge is 0.496 e. The maximum atomic E-state index is 15.0. The van der Waals surface area contributed by atoms with Crippen LogP contribution in [-0.2, 0) is 0 Å². The van der Waals surface area contributed by atoms with Crippen LogP contribution in [0.25, 0.3) is 22.0 Å². The van der Waals surface area contributed by atoms with Crippen molar-refractivity contribution < 1.29 is 18.3 Å². The highest BCUT2D eigenvalue weighted by Crippen LogP contribution is 2.41. The molecular formula is C17H11ClF2N2O2. The van der Waals surface area contributed by atoms with Crippen LogP contribution in [0.3, 0.4) is 0 Å². The first-order valence-corrected chi connectivity index (χ1v) is 7.22. The van der Waals surface area contributed by atoms with E-state index in [4.69, 9.17) is 22.1 Å². The minimum Gasteiger partial charge on any atom is -0.496 e. The summed E-state index contributed by atoms with van der Waals surface area (Å²) in [6.07, 6.45) is 1.16. The number of rotatable bonds is 3. The van der Waals surface area contributed by atoms with Gasteiger partial charge in [0.15, 0.2) is 5.82 Å². The third-order valence-corrected chi connectivity index (χ3v) is 3.89. The Labute approximate surface area is 140 Å². The smallest absolute Gasteiger partial charge is 0.250 e. The number of benzene rings is 2. The number of primary amides is 1. The fourth-order valence-electron chi connectivity index (χ4n) is 2.49. The summed E-state index contributed by atoms with van der Waals surface area (Å²) in [6, 6.07) is 6.91. The summed E-state index contributed by atoms with van der Waals surface area (Å²) in [7, 11) is 1.35. The van der Waals surface area contributed by atoms with Crippen molar-refractivity contribution in [3.63, 3.8) is 0 Å². The molecule has 0 saturated carbocycles. The predicted octanol–water partition coefficient (Wildman–Crippen LogP) is 3.94. The molecule has 3 rings (SSSR count). The number of fused-ring (bicyclic) bond motifs is 1. The van der Waals surface area contributed by atoms with E-state index in [2.05, 4.69) is 4.98 Å². The zero-order chi connectivity index (χ0) is 17.4. The number of nitrogens with two attached hydrogens (primary N) is 1. The van der Waals surface area contributed by atoms with Crippen LogP contribution in [0.5, 0.6) is 5.75 Å². The monoisotopic (exact) mass is 348 g/mol. The van der Waals surface area contributed by atoms with E-state index in [0.29, 0.717) is 0 Å². The summed E-state index contributed by atoms with van der Waals surface area (Å²) in [5, 5.41) is 0.250. The first kappa shape index (κ1) is 16.1. The SMILES string of the molecule is COc1cccc(F)c1-c1c(Cl)cc2cc(C(N)=O)cnc2c1F. The molecular weight excluding hydrogens is 338 g/mol. The molecule has 2 N–H and O–H groups in total. The standard InChI is InChI=1S/C17H11ClF2N2O2/c1-24-12-4-2-3-11(19)14(12)13-10(18)6-8-5-9(17(21)23)7-22-16(8)15(13)20/h2-7H,1H3,(H2,21,23). The summed E-state index contributed by atoms with van der Waals surface area (Å²) in [6.45, 7) is 0. The van der Waals surface area contributed by atoms with Crippen molar-refractivity contribution in [1.82, 2.24) is 4.98 Å². The van der Waals surface area contributed by atoms with Crippen LogP contribution in [0.1, 0.15) is 10.4 Å². The van der Waals surface area contributed by atoms with Gasteiger partial charge in [0.1, 0.15) is 17.1 Å². The topological polar surface area (TPSA) is 65.2 Å². The van der Waals surface area contributed by atoms with Crippen molar-refractivity contribution in [2.45, 2.75) is 0 Å². The second-order valence-electron chi connectivity index (χ2n) is 5.02. The van der Waals surface area contributed by atoms with Gasteiger partial charge in [0.05, 0.1) is 23.3 Å². The molecule has 0 spiro atoms. The Morgan fingerprint density at radius 2 is 2.00 bits per heavy atom. The van der Waals surface area contributed by atoms with Crippen molar-refractivity contribution >= 4 is 28.4 Å². The van der Waals surface area contributed by atoms with Gasteiger partial charge in [-0.3, -0.25) is 9.78 Å². The lowest BCUT2D eigenvalue weighted by Crippen LogP contribution is -2.11. The summed E-state index contributed by atoms with van der Waals surface area (Å²) < 4.78 is 34.3. The van der Waals surface area contributed by atoms with Gasteiger partial charge in [-0.25, -0.2) is 8.78 Å². The fraction of sp³-hybridized carbons (Fsp3) is 0.0588. The Morgan fingerprint density at radius 3 is 2.67 bits per heavy atom. The number of carbonyl (C=O) groups excluding carboxylic acids is 1. The van der Waals surface area contributed by atoms with Gasteiger partial charge in [-0.1, -0.05) is 17.7 Å². The number of pyridine rings is 1. The molecule has 1 aromatic heterocycles. The molecule has 0 unspecified atom stereocenters. The summed E-state index contributed by atoms with van der Waals surface area (Å²) >= 11 is 6.17. The Balaban J connectivity index is 2.35. The van der Waals surface area contributed by atoms with E-state index >= 15 is 0 Å². The number of halogens is 3. The van der Waals surface area contributed by atoms with Crippen molar-refractivity contribution in [3.05, 3.63) is 58.7 Å². The van der Waals surface area contributed by atoms with Gasteiger partial charge in [-0.15, -0.1) is 0 Å². The van der Waals surface area contributed by atoms with Gasteiger partial charge in [0.2, 0.25) is 5.91 Å². The van der Waals surface area contributed by atoms with Crippen molar-refractivity contribution in [2.24, 2.45) is 5.73 Å². The molecule has 4 nitrogen and oxygen atoms in total. The maximum absolute atomic E-state index is 15.0. The lowest BCUT2D eigenvalue weighted by atomic mass is 10.0. The Bertz CT molecular complexity index is 976. The van der Waals surface area contributed by atoms with Crippen LogP contribution < -0.4 is 10.5 Å². The molecule has 0 radical (unpaired) electrons. The molecule has 3 aromatic rings. The van der Waals surface area contributed by atoms with Crippen LogP contribution in [0.15, 0.2) is 36.5 Å². The number of hydrogen-bond donors (Lipinski definition) is 1. The molecule has 0 aliphatic heterocycles. The van der Waals surface area contributed by atoms with Gasteiger partial charge in [-0.2, -0.15) is 0 Å². The normalized spacial score (nSPS) is 10.8. The Kier molecular flexibility index (Phi) is 4.07. The molecule has 1 amide bonds. The highest BCUT2D eigenvalue weighted by Gasteiger charge is 2.22. The van der Waals surface area contributed by atoms with E-state index in [1.165, 1.54) is 37.4 Å². The summed E-state index contributed by atoms with van der Waals surface area (Å²) in [4.78, 5) is 15.1. The minimum absolute atomic E-state index is 0.0354. The first-order chi connectivity index (χ1) is 11.4. The Morgan fingerprint density at radius 1 is 1.25 bits per heavy atom. The number of methoxy groups -OCH3 is 1. The molecule has 0 bridgehead atoms.